The van der Waals surface area contributed by atoms with E-state index in [0.29, 0.717) is 38.5 Å². The lowest BCUT2D eigenvalue weighted by atomic mass is 9.98. The summed E-state index contributed by atoms with van der Waals surface area (Å²) in [7, 11) is -3.19. The minimum absolute atomic E-state index is 0.132. The predicted molar refractivity (Wildman–Crippen MR) is 73.0 cm³/mol. The van der Waals surface area contributed by atoms with Gasteiger partial charge in [0.1, 0.15) is 0 Å². The lowest BCUT2D eigenvalue weighted by Crippen LogP contribution is -2.38. The van der Waals surface area contributed by atoms with Gasteiger partial charge in [-0.3, -0.25) is 0 Å². The number of hydrogen-bond acceptors (Lipinski definition) is 4. The van der Waals surface area contributed by atoms with E-state index in [2.05, 4.69) is 5.32 Å². The lowest BCUT2D eigenvalue weighted by molar-refractivity contribution is 0.0465. The van der Waals surface area contributed by atoms with Gasteiger partial charge in [0.15, 0.2) is 0 Å². The SMILES string of the molecule is CC(C)NCCS(=O)(=O)N1CCCC(C)(O)CC1. The highest BCUT2D eigenvalue weighted by Crippen LogP contribution is 2.22. The highest BCUT2D eigenvalue weighted by molar-refractivity contribution is 7.89. The number of nitrogens with one attached hydrogen (secondary N) is 1. The molecule has 0 spiro atoms. The van der Waals surface area contributed by atoms with Crippen molar-refractivity contribution in [2.24, 2.45) is 0 Å². The summed E-state index contributed by atoms with van der Waals surface area (Å²) in [5, 5.41) is 13.1. The molecule has 1 saturated heterocycles. The maximum absolute atomic E-state index is 12.1. The fraction of sp³-hybridized carbons (Fsp3) is 1.00. The van der Waals surface area contributed by atoms with Crippen LogP contribution in [0.3, 0.4) is 0 Å². The van der Waals surface area contributed by atoms with Crippen LogP contribution in [0.2, 0.25) is 0 Å². The molecule has 0 bridgehead atoms. The third-order valence-corrected chi connectivity index (χ3v) is 5.20. The van der Waals surface area contributed by atoms with Gasteiger partial charge in [-0.05, 0) is 26.2 Å². The summed E-state index contributed by atoms with van der Waals surface area (Å²) in [5.74, 6) is 0.132. The Bertz CT molecular complexity index is 352. The Labute approximate surface area is 111 Å². The van der Waals surface area contributed by atoms with E-state index in [0.717, 1.165) is 6.42 Å². The van der Waals surface area contributed by atoms with Gasteiger partial charge in [0.05, 0.1) is 11.4 Å². The number of nitrogens with zero attached hydrogens (tertiary/aromatic N) is 1. The first kappa shape index (κ1) is 15.9. The van der Waals surface area contributed by atoms with Crippen LogP contribution in [0.15, 0.2) is 0 Å². The molecular formula is C12H26N2O3S. The number of hydrogen-bond donors (Lipinski definition) is 2. The molecule has 1 heterocycles. The van der Waals surface area contributed by atoms with Gasteiger partial charge in [-0.25, -0.2) is 12.7 Å². The van der Waals surface area contributed by atoms with Crippen molar-refractivity contribution in [3.05, 3.63) is 0 Å². The summed E-state index contributed by atoms with van der Waals surface area (Å²) in [6.07, 6.45) is 1.91. The molecule has 1 aliphatic rings. The summed E-state index contributed by atoms with van der Waals surface area (Å²) >= 11 is 0. The Morgan fingerprint density at radius 1 is 1.33 bits per heavy atom. The first-order valence-corrected chi connectivity index (χ1v) is 8.27. The molecule has 0 aromatic carbocycles. The maximum atomic E-state index is 12.1. The lowest BCUT2D eigenvalue weighted by Gasteiger charge is -2.22. The minimum atomic E-state index is -3.19. The molecule has 1 unspecified atom stereocenters. The number of sulfonamides is 1. The van der Waals surface area contributed by atoms with Crippen molar-refractivity contribution in [2.75, 3.05) is 25.4 Å². The predicted octanol–water partition coefficient (Wildman–Crippen LogP) is 0.551. The third-order valence-electron chi connectivity index (χ3n) is 3.33. The molecule has 0 radical (unpaired) electrons. The van der Waals surface area contributed by atoms with E-state index in [1.54, 1.807) is 6.92 Å². The first-order valence-electron chi connectivity index (χ1n) is 6.66. The average Bonchev–Trinajstić information content (AvgIpc) is 2.38. The van der Waals surface area contributed by atoms with E-state index in [1.807, 2.05) is 13.8 Å². The van der Waals surface area contributed by atoms with Gasteiger partial charge < -0.3 is 10.4 Å². The van der Waals surface area contributed by atoms with Crippen LogP contribution in [0.1, 0.15) is 40.0 Å². The fourth-order valence-corrected chi connectivity index (χ4v) is 3.53. The summed E-state index contributed by atoms with van der Waals surface area (Å²) in [4.78, 5) is 0. The van der Waals surface area contributed by atoms with Crippen molar-refractivity contribution in [3.8, 4) is 0 Å². The van der Waals surface area contributed by atoms with E-state index in [4.69, 9.17) is 0 Å². The number of rotatable bonds is 5. The normalized spacial score (nSPS) is 27.4. The Hall–Kier alpha value is -0.170. The molecule has 0 saturated carbocycles. The van der Waals surface area contributed by atoms with Gasteiger partial charge in [-0.15, -0.1) is 0 Å². The third kappa shape index (κ3) is 5.22. The van der Waals surface area contributed by atoms with Gasteiger partial charge in [0.25, 0.3) is 0 Å². The Kier molecular flexibility index (Phi) is 5.58. The quantitative estimate of drug-likeness (QED) is 0.770. The van der Waals surface area contributed by atoms with Crippen LogP contribution in [0, 0.1) is 0 Å². The molecule has 6 heteroatoms. The van der Waals surface area contributed by atoms with Crippen molar-refractivity contribution in [3.63, 3.8) is 0 Å². The van der Waals surface area contributed by atoms with E-state index >= 15 is 0 Å². The van der Waals surface area contributed by atoms with Gasteiger partial charge in [0, 0.05) is 25.7 Å². The molecule has 0 aliphatic carbocycles. The maximum Gasteiger partial charge on any atom is 0.215 e. The smallest absolute Gasteiger partial charge is 0.215 e. The van der Waals surface area contributed by atoms with Crippen molar-refractivity contribution < 1.29 is 13.5 Å². The summed E-state index contributed by atoms with van der Waals surface area (Å²) in [6.45, 7) is 7.21. The molecule has 18 heavy (non-hydrogen) atoms. The topological polar surface area (TPSA) is 69.6 Å². The minimum Gasteiger partial charge on any atom is -0.390 e. The summed E-state index contributed by atoms with van der Waals surface area (Å²) < 4.78 is 25.8. The first-order chi connectivity index (χ1) is 8.23. The van der Waals surface area contributed by atoms with Gasteiger partial charge in [-0.2, -0.15) is 0 Å². The zero-order valence-electron chi connectivity index (χ0n) is 11.6. The van der Waals surface area contributed by atoms with E-state index in [1.165, 1.54) is 4.31 Å². The Morgan fingerprint density at radius 3 is 2.61 bits per heavy atom. The molecule has 2 N–H and O–H groups in total. The average molecular weight is 278 g/mol. The largest absolute Gasteiger partial charge is 0.390 e. The monoisotopic (exact) mass is 278 g/mol. The second-order valence-electron chi connectivity index (χ2n) is 5.67. The van der Waals surface area contributed by atoms with E-state index in [9.17, 15) is 13.5 Å². The second kappa shape index (κ2) is 6.32. The molecule has 1 fully saturated rings. The van der Waals surface area contributed by atoms with Crippen LogP contribution in [0.4, 0.5) is 0 Å². The fourth-order valence-electron chi connectivity index (χ4n) is 2.12. The molecule has 0 amide bonds. The number of aliphatic hydroxyl groups is 1. The molecule has 1 rings (SSSR count). The molecule has 0 aromatic heterocycles. The summed E-state index contributed by atoms with van der Waals surface area (Å²) in [6, 6.07) is 0.296. The molecule has 1 aliphatic heterocycles. The van der Waals surface area contributed by atoms with Crippen LogP contribution in [-0.4, -0.2) is 54.9 Å². The molecule has 0 aromatic rings. The van der Waals surface area contributed by atoms with E-state index < -0.39 is 15.6 Å². The van der Waals surface area contributed by atoms with Gasteiger partial charge >= 0.3 is 0 Å². The van der Waals surface area contributed by atoms with Gasteiger partial charge in [0.2, 0.25) is 10.0 Å². The molecule has 1 atom stereocenters. The van der Waals surface area contributed by atoms with Crippen LogP contribution in [0.5, 0.6) is 0 Å². The van der Waals surface area contributed by atoms with Crippen LogP contribution in [-0.2, 0) is 10.0 Å². The Morgan fingerprint density at radius 2 is 2.00 bits per heavy atom. The van der Waals surface area contributed by atoms with Crippen molar-refractivity contribution in [2.45, 2.75) is 51.7 Å². The van der Waals surface area contributed by atoms with Crippen LogP contribution >= 0.6 is 0 Å². The van der Waals surface area contributed by atoms with Crippen molar-refractivity contribution in [1.82, 2.24) is 9.62 Å². The summed E-state index contributed by atoms with van der Waals surface area (Å²) in [5.41, 5.74) is -0.722. The highest BCUT2D eigenvalue weighted by Gasteiger charge is 2.30. The second-order valence-corrected chi connectivity index (χ2v) is 7.76. The zero-order valence-corrected chi connectivity index (χ0v) is 12.5. The van der Waals surface area contributed by atoms with Gasteiger partial charge in [-0.1, -0.05) is 13.8 Å². The van der Waals surface area contributed by atoms with Crippen molar-refractivity contribution in [1.29, 1.82) is 0 Å². The molecule has 108 valence electrons. The van der Waals surface area contributed by atoms with Crippen LogP contribution in [0.25, 0.3) is 0 Å². The Balaban J connectivity index is 2.52. The van der Waals surface area contributed by atoms with Crippen LogP contribution < -0.4 is 5.32 Å². The standard InChI is InChI=1S/C12H26N2O3S/c1-11(2)13-7-10-18(16,17)14-8-4-5-12(3,15)6-9-14/h11,13,15H,4-10H2,1-3H3. The zero-order chi connectivity index (χ0) is 13.8. The molecular weight excluding hydrogens is 252 g/mol. The molecule has 5 nitrogen and oxygen atoms in total. The van der Waals surface area contributed by atoms with E-state index in [-0.39, 0.29) is 5.75 Å². The van der Waals surface area contributed by atoms with Crippen molar-refractivity contribution >= 4 is 10.0 Å². The highest BCUT2D eigenvalue weighted by atomic mass is 32.2.